The third kappa shape index (κ3) is 11.1. The first kappa shape index (κ1) is 29.7. The fourth-order valence-corrected chi connectivity index (χ4v) is 3.42. The van der Waals surface area contributed by atoms with Gasteiger partial charge in [-0.1, -0.05) is 12.1 Å². The van der Waals surface area contributed by atoms with E-state index in [-0.39, 0.29) is 25.0 Å². The second kappa shape index (κ2) is 14.8. The van der Waals surface area contributed by atoms with Crippen molar-refractivity contribution in [1.29, 1.82) is 0 Å². The maximum atomic E-state index is 12.9. The predicted octanol–water partition coefficient (Wildman–Crippen LogP) is -0.561. The van der Waals surface area contributed by atoms with Gasteiger partial charge in [0.25, 0.3) is 0 Å². The van der Waals surface area contributed by atoms with Gasteiger partial charge >= 0.3 is 11.9 Å². The Labute approximate surface area is 207 Å². The molecule has 0 spiro atoms. The molecule has 0 aliphatic heterocycles. The standard InChI is InChI=1S/C22H32N4O8S/c1-12(22(33)34)24-20(31)16(7-8-18(28)29)26-21(32)17(9-10-35-2)25-19(30)15(23)11-13-3-5-14(27)6-4-13/h3-6,12,15-17,27H,7-11,23H2,1-2H3,(H,24,31)(H,25,30)(H,26,32)(H,28,29)(H,33,34). The van der Waals surface area contributed by atoms with Crippen LogP contribution in [0.15, 0.2) is 24.3 Å². The molecule has 4 atom stereocenters. The van der Waals surface area contributed by atoms with Crippen molar-refractivity contribution in [2.45, 2.75) is 56.8 Å². The van der Waals surface area contributed by atoms with Gasteiger partial charge in [-0.05, 0) is 55.9 Å². The van der Waals surface area contributed by atoms with E-state index in [1.807, 2.05) is 6.26 Å². The van der Waals surface area contributed by atoms with E-state index < -0.39 is 60.2 Å². The molecule has 1 rings (SSSR count). The van der Waals surface area contributed by atoms with E-state index in [4.69, 9.17) is 15.9 Å². The second-order valence-corrected chi connectivity index (χ2v) is 8.87. The Hall–Kier alpha value is -3.32. The first-order valence-electron chi connectivity index (χ1n) is 10.8. The zero-order valence-electron chi connectivity index (χ0n) is 19.5. The monoisotopic (exact) mass is 512 g/mol. The van der Waals surface area contributed by atoms with E-state index in [1.54, 1.807) is 12.1 Å². The van der Waals surface area contributed by atoms with E-state index in [0.717, 1.165) is 0 Å². The number of hydrogen-bond acceptors (Lipinski definition) is 8. The van der Waals surface area contributed by atoms with Gasteiger partial charge in [0, 0.05) is 6.42 Å². The number of carbonyl (C=O) groups excluding carboxylic acids is 3. The molecule has 0 aliphatic rings. The number of carbonyl (C=O) groups is 5. The number of phenolic OH excluding ortho intramolecular Hbond substituents is 1. The summed E-state index contributed by atoms with van der Waals surface area (Å²) in [7, 11) is 0. The summed E-state index contributed by atoms with van der Waals surface area (Å²) in [6.45, 7) is 1.23. The van der Waals surface area contributed by atoms with Crippen molar-refractivity contribution in [3.05, 3.63) is 29.8 Å². The number of carboxylic acids is 2. The lowest BCUT2D eigenvalue weighted by molar-refractivity contribution is -0.142. The molecule has 0 aliphatic carbocycles. The van der Waals surface area contributed by atoms with Gasteiger partial charge in [0.05, 0.1) is 6.04 Å². The number of phenols is 1. The van der Waals surface area contributed by atoms with Crippen molar-refractivity contribution in [2.75, 3.05) is 12.0 Å². The number of benzene rings is 1. The van der Waals surface area contributed by atoms with E-state index in [0.29, 0.717) is 11.3 Å². The van der Waals surface area contributed by atoms with Crippen molar-refractivity contribution in [3.8, 4) is 5.75 Å². The molecule has 0 heterocycles. The fourth-order valence-electron chi connectivity index (χ4n) is 2.95. The molecule has 194 valence electrons. The zero-order valence-corrected chi connectivity index (χ0v) is 20.3. The molecule has 0 saturated heterocycles. The molecule has 0 radical (unpaired) electrons. The van der Waals surface area contributed by atoms with E-state index in [1.165, 1.54) is 30.8 Å². The third-order valence-electron chi connectivity index (χ3n) is 4.98. The molecule has 3 amide bonds. The van der Waals surface area contributed by atoms with Crippen molar-refractivity contribution in [3.63, 3.8) is 0 Å². The second-order valence-electron chi connectivity index (χ2n) is 7.88. The average Bonchev–Trinajstić information content (AvgIpc) is 2.79. The summed E-state index contributed by atoms with van der Waals surface area (Å²) in [5.41, 5.74) is 6.68. The Morgan fingerprint density at radius 3 is 2.00 bits per heavy atom. The van der Waals surface area contributed by atoms with Crippen LogP contribution in [0.5, 0.6) is 5.75 Å². The summed E-state index contributed by atoms with van der Waals surface area (Å²) in [5, 5.41) is 34.5. The van der Waals surface area contributed by atoms with Crippen LogP contribution in [0, 0.1) is 0 Å². The van der Waals surface area contributed by atoms with E-state index >= 15 is 0 Å². The highest BCUT2D eigenvalue weighted by Crippen LogP contribution is 2.11. The number of nitrogens with one attached hydrogen (secondary N) is 3. The quantitative estimate of drug-likeness (QED) is 0.159. The highest BCUT2D eigenvalue weighted by Gasteiger charge is 2.29. The van der Waals surface area contributed by atoms with Crippen LogP contribution in [-0.4, -0.2) is 81.2 Å². The Kier molecular flexibility index (Phi) is 12.6. The van der Waals surface area contributed by atoms with Crippen LogP contribution in [0.4, 0.5) is 0 Å². The van der Waals surface area contributed by atoms with Gasteiger partial charge in [-0.3, -0.25) is 24.0 Å². The summed E-state index contributed by atoms with van der Waals surface area (Å²) < 4.78 is 0. The zero-order chi connectivity index (χ0) is 26.5. The number of rotatable bonds is 15. The third-order valence-corrected chi connectivity index (χ3v) is 5.63. The Morgan fingerprint density at radius 1 is 0.914 bits per heavy atom. The number of thioether (sulfide) groups is 1. The molecule has 0 aromatic heterocycles. The Morgan fingerprint density at radius 2 is 1.46 bits per heavy atom. The SMILES string of the molecule is CSCCC(NC(=O)C(N)Cc1ccc(O)cc1)C(=O)NC(CCC(=O)O)C(=O)NC(C)C(=O)O. The van der Waals surface area contributed by atoms with Crippen LogP contribution >= 0.6 is 11.8 Å². The molecule has 12 nitrogen and oxygen atoms in total. The lowest BCUT2D eigenvalue weighted by Gasteiger charge is -2.24. The normalized spacial score (nSPS) is 14.1. The van der Waals surface area contributed by atoms with Crippen molar-refractivity contribution < 1.29 is 39.3 Å². The largest absolute Gasteiger partial charge is 0.508 e. The molecule has 1 aromatic carbocycles. The minimum Gasteiger partial charge on any atom is -0.508 e. The number of amides is 3. The van der Waals surface area contributed by atoms with Gasteiger partial charge in [-0.25, -0.2) is 0 Å². The first-order chi connectivity index (χ1) is 16.4. The van der Waals surface area contributed by atoms with Crippen molar-refractivity contribution >= 4 is 41.4 Å². The maximum absolute atomic E-state index is 12.9. The van der Waals surface area contributed by atoms with Crippen LogP contribution in [0.2, 0.25) is 0 Å². The Bertz CT molecular complexity index is 896. The van der Waals surface area contributed by atoms with Crippen LogP contribution < -0.4 is 21.7 Å². The topological polar surface area (TPSA) is 208 Å². The molecule has 0 saturated carbocycles. The van der Waals surface area contributed by atoms with Crippen LogP contribution in [0.1, 0.15) is 31.7 Å². The highest BCUT2D eigenvalue weighted by molar-refractivity contribution is 7.98. The van der Waals surface area contributed by atoms with Crippen LogP contribution in [-0.2, 0) is 30.4 Å². The summed E-state index contributed by atoms with van der Waals surface area (Å²) in [5.74, 6) is -4.12. The molecule has 1 aromatic rings. The average molecular weight is 513 g/mol. The van der Waals surface area contributed by atoms with Gasteiger partial charge in [0.15, 0.2) is 0 Å². The number of hydrogen-bond donors (Lipinski definition) is 7. The van der Waals surface area contributed by atoms with E-state index in [2.05, 4.69) is 16.0 Å². The van der Waals surface area contributed by atoms with Crippen LogP contribution in [0.25, 0.3) is 0 Å². The smallest absolute Gasteiger partial charge is 0.325 e. The summed E-state index contributed by atoms with van der Waals surface area (Å²) in [6.07, 6.45) is 1.45. The van der Waals surface area contributed by atoms with Gasteiger partial charge in [-0.2, -0.15) is 11.8 Å². The predicted molar refractivity (Wildman–Crippen MR) is 129 cm³/mol. The maximum Gasteiger partial charge on any atom is 0.325 e. The Balaban J connectivity index is 2.91. The lowest BCUT2D eigenvalue weighted by atomic mass is 10.0. The molecule has 8 N–H and O–H groups in total. The molecular weight excluding hydrogens is 480 g/mol. The molecule has 13 heteroatoms. The lowest BCUT2D eigenvalue weighted by Crippen LogP contribution is -2.57. The summed E-state index contributed by atoms with van der Waals surface area (Å²) >= 11 is 1.43. The minimum atomic E-state index is -1.32. The minimum absolute atomic E-state index is 0.0693. The highest BCUT2D eigenvalue weighted by atomic mass is 32.2. The van der Waals surface area contributed by atoms with E-state index in [9.17, 15) is 29.1 Å². The van der Waals surface area contributed by atoms with Gasteiger partial charge in [0.1, 0.15) is 23.9 Å². The first-order valence-corrected chi connectivity index (χ1v) is 12.2. The molecular formula is C22H32N4O8S. The van der Waals surface area contributed by atoms with Crippen molar-refractivity contribution in [2.24, 2.45) is 5.73 Å². The summed E-state index contributed by atoms with van der Waals surface area (Å²) in [6, 6.07) is 1.53. The number of carboxylic acid groups (broad SMARTS) is 2. The van der Waals surface area contributed by atoms with Gasteiger partial charge < -0.3 is 37.0 Å². The summed E-state index contributed by atoms with van der Waals surface area (Å²) in [4.78, 5) is 60.1. The number of aromatic hydroxyl groups is 1. The molecule has 35 heavy (non-hydrogen) atoms. The number of aliphatic carboxylic acids is 2. The molecule has 4 unspecified atom stereocenters. The van der Waals surface area contributed by atoms with Crippen molar-refractivity contribution in [1.82, 2.24) is 16.0 Å². The van der Waals surface area contributed by atoms with Crippen LogP contribution in [0.3, 0.4) is 0 Å². The molecule has 0 fully saturated rings. The van der Waals surface area contributed by atoms with Gasteiger partial charge in [0.2, 0.25) is 17.7 Å². The van der Waals surface area contributed by atoms with Gasteiger partial charge in [-0.15, -0.1) is 0 Å². The fraction of sp³-hybridized carbons (Fsp3) is 0.500. The molecule has 0 bridgehead atoms. The number of nitrogens with two attached hydrogens (primary N) is 1.